The first kappa shape index (κ1) is 17.5. The summed E-state index contributed by atoms with van der Waals surface area (Å²) in [7, 11) is 1.30. The first-order valence-corrected chi connectivity index (χ1v) is 7.00. The first-order valence-electron chi connectivity index (χ1n) is 7.00. The molecule has 24 heavy (non-hydrogen) atoms. The van der Waals surface area contributed by atoms with Crippen LogP contribution in [-0.4, -0.2) is 17.3 Å². The Morgan fingerprint density at radius 1 is 1.25 bits per heavy atom. The van der Waals surface area contributed by atoms with Gasteiger partial charge in [0.05, 0.1) is 18.4 Å². The number of methoxy groups -OCH3 is 1. The van der Waals surface area contributed by atoms with E-state index in [4.69, 9.17) is 4.74 Å². The molecule has 0 radical (unpaired) electrons. The largest absolute Gasteiger partial charge is 0.497 e. The lowest BCUT2D eigenvalue weighted by Crippen LogP contribution is -2.13. The topological polar surface area (TPSA) is 70.8 Å². The average molecular weight is 336 g/mol. The number of nitrogens with zero attached hydrogens (tertiary/aromatic N) is 3. The highest BCUT2D eigenvalue weighted by molar-refractivity contribution is 5.56. The standard InChI is InChI=1S/C16H15F3N4O/c1-9-10(2)22-23-15(13(9)7-20)21-8-11-4-5-12(24-3)6-14(11)16(17,18)19/h4-6H,8H2,1-3H3,(H,21,23). The maximum atomic E-state index is 13.2. The van der Waals surface area contributed by atoms with E-state index in [-0.39, 0.29) is 29.2 Å². The molecule has 0 atom stereocenters. The molecule has 1 heterocycles. The van der Waals surface area contributed by atoms with Gasteiger partial charge in [-0.25, -0.2) is 0 Å². The van der Waals surface area contributed by atoms with Gasteiger partial charge in [0, 0.05) is 6.54 Å². The van der Waals surface area contributed by atoms with E-state index in [2.05, 4.69) is 15.5 Å². The predicted molar refractivity (Wildman–Crippen MR) is 81.5 cm³/mol. The third kappa shape index (κ3) is 3.56. The van der Waals surface area contributed by atoms with Gasteiger partial charge in [0.2, 0.25) is 0 Å². The van der Waals surface area contributed by atoms with E-state index in [9.17, 15) is 18.4 Å². The summed E-state index contributed by atoms with van der Waals surface area (Å²) >= 11 is 0. The fraction of sp³-hybridized carbons (Fsp3) is 0.312. The van der Waals surface area contributed by atoms with E-state index in [1.54, 1.807) is 13.8 Å². The van der Waals surface area contributed by atoms with Crippen LogP contribution in [-0.2, 0) is 12.7 Å². The fourth-order valence-corrected chi connectivity index (χ4v) is 2.15. The smallest absolute Gasteiger partial charge is 0.416 e. The van der Waals surface area contributed by atoms with Crippen molar-refractivity contribution in [3.8, 4) is 11.8 Å². The van der Waals surface area contributed by atoms with Crippen LogP contribution in [0.2, 0.25) is 0 Å². The molecular formula is C16H15F3N4O. The van der Waals surface area contributed by atoms with Gasteiger partial charge in [-0.2, -0.15) is 23.5 Å². The van der Waals surface area contributed by atoms with Crippen molar-refractivity contribution in [3.05, 3.63) is 46.1 Å². The second-order valence-electron chi connectivity index (χ2n) is 5.12. The van der Waals surface area contributed by atoms with Gasteiger partial charge in [-0.05, 0) is 37.1 Å². The number of ether oxygens (including phenoxy) is 1. The van der Waals surface area contributed by atoms with Crippen molar-refractivity contribution >= 4 is 5.82 Å². The van der Waals surface area contributed by atoms with Crippen LogP contribution < -0.4 is 10.1 Å². The molecule has 0 aliphatic rings. The molecule has 0 amide bonds. The minimum absolute atomic E-state index is 0.0206. The van der Waals surface area contributed by atoms with Crippen LogP contribution in [0.15, 0.2) is 18.2 Å². The number of benzene rings is 1. The maximum Gasteiger partial charge on any atom is 0.416 e. The lowest BCUT2D eigenvalue weighted by molar-refractivity contribution is -0.138. The van der Waals surface area contributed by atoms with Gasteiger partial charge in [-0.3, -0.25) is 0 Å². The SMILES string of the molecule is COc1ccc(CNc2nnc(C)c(C)c2C#N)c(C(F)(F)F)c1. The molecule has 126 valence electrons. The maximum absolute atomic E-state index is 13.2. The van der Waals surface area contributed by atoms with Gasteiger partial charge in [0.1, 0.15) is 17.4 Å². The molecule has 0 aliphatic heterocycles. The third-order valence-corrected chi connectivity index (χ3v) is 3.64. The van der Waals surface area contributed by atoms with Gasteiger partial charge in [-0.1, -0.05) is 6.07 Å². The molecule has 0 fully saturated rings. The molecule has 0 unspecified atom stereocenters. The van der Waals surface area contributed by atoms with E-state index in [0.717, 1.165) is 6.07 Å². The molecule has 1 aromatic heterocycles. The van der Waals surface area contributed by atoms with Crippen molar-refractivity contribution in [2.75, 3.05) is 12.4 Å². The number of aryl methyl sites for hydroxylation is 1. The highest BCUT2D eigenvalue weighted by Gasteiger charge is 2.33. The van der Waals surface area contributed by atoms with Gasteiger partial charge >= 0.3 is 6.18 Å². The summed E-state index contributed by atoms with van der Waals surface area (Å²) in [5.41, 5.74) is 0.722. The highest BCUT2D eigenvalue weighted by Crippen LogP contribution is 2.34. The normalized spacial score (nSPS) is 11.0. The minimum Gasteiger partial charge on any atom is -0.497 e. The first-order chi connectivity index (χ1) is 11.3. The number of nitrogens with one attached hydrogen (secondary N) is 1. The molecule has 0 saturated heterocycles. The van der Waals surface area contributed by atoms with Crippen molar-refractivity contribution in [1.29, 1.82) is 5.26 Å². The molecule has 1 aromatic carbocycles. The lowest BCUT2D eigenvalue weighted by atomic mass is 10.1. The Balaban J connectivity index is 2.34. The summed E-state index contributed by atoms with van der Waals surface area (Å²) < 4.78 is 44.4. The summed E-state index contributed by atoms with van der Waals surface area (Å²) in [6.45, 7) is 3.27. The summed E-state index contributed by atoms with van der Waals surface area (Å²) in [5.74, 6) is 0.277. The number of halogens is 3. The van der Waals surface area contributed by atoms with Gasteiger partial charge in [0.25, 0.3) is 0 Å². The quantitative estimate of drug-likeness (QED) is 0.923. The molecule has 0 bridgehead atoms. The number of hydrogen-bond donors (Lipinski definition) is 1. The number of nitriles is 1. The van der Waals surface area contributed by atoms with Crippen LogP contribution in [0.25, 0.3) is 0 Å². The average Bonchev–Trinajstić information content (AvgIpc) is 2.55. The highest BCUT2D eigenvalue weighted by atomic mass is 19.4. The second-order valence-corrected chi connectivity index (χ2v) is 5.12. The molecule has 2 aromatic rings. The predicted octanol–water partition coefficient (Wildman–Crippen LogP) is 3.60. The van der Waals surface area contributed by atoms with E-state index in [1.165, 1.54) is 19.2 Å². The molecule has 0 saturated carbocycles. The van der Waals surface area contributed by atoms with E-state index in [0.29, 0.717) is 11.3 Å². The molecule has 0 aliphatic carbocycles. The summed E-state index contributed by atoms with van der Waals surface area (Å²) in [6.07, 6.45) is -4.52. The van der Waals surface area contributed by atoms with Crippen molar-refractivity contribution in [1.82, 2.24) is 10.2 Å². The number of anilines is 1. The summed E-state index contributed by atoms with van der Waals surface area (Å²) in [4.78, 5) is 0. The van der Waals surface area contributed by atoms with E-state index in [1.807, 2.05) is 6.07 Å². The molecule has 0 spiro atoms. The Morgan fingerprint density at radius 2 is 1.96 bits per heavy atom. The number of alkyl halides is 3. The number of hydrogen-bond acceptors (Lipinski definition) is 5. The van der Waals surface area contributed by atoms with Crippen molar-refractivity contribution in [2.24, 2.45) is 0 Å². The van der Waals surface area contributed by atoms with E-state index < -0.39 is 11.7 Å². The number of aromatic nitrogens is 2. The Bertz CT molecular complexity index is 797. The molecule has 8 heteroatoms. The van der Waals surface area contributed by atoms with Gasteiger partial charge in [-0.15, -0.1) is 5.10 Å². The summed E-state index contributed by atoms with van der Waals surface area (Å²) in [6, 6.07) is 5.71. The van der Waals surface area contributed by atoms with Crippen LogP contribution in [0.1, 0.15) is 27.9 Å². The zero-order valence-corrected chi connectivity index (χ0v) is 13.3. The molecule has 1 N–H and O–H groups in total. The lowest BCUT2D eigenvalue weighted by Gasteiger charge is -2.15. The molecular weight excluding hydrogens is 321 g/mol. The Labute approximate surface area is 137 Å². The summed E-state index contributed by atoms with van der Waals surface area (Å²) in [5, 5.41) is 19.7. The van der Waals surface area contributed by atoms with Crippen molar-refractivity contribution in [3.63, 3.8) is 0 Å². The van der Waals surface area contributed by atoms with Crippen molar-refractivity contribution in [2.45, 2.75) is 26.6 Å². The van der Waals surface area contributed by atoms with Crippen LogP contribution >= 0.6 is 0 Å². The Kier molecular flexibility index (Phi) is 4.93. The van der Waals surface area contributed by atoms with E-state index >= 15 is 0 Å². The van der Waals surface area contributed by atoms with Crippen LogP contribution in [0.4, 0.5) is 19.0 Å². The Morgan fingerprint density at radius 3 is 2.54 bits per heavy atom. The van der Waals surface area contributed by atoms with Gasteiger partial charge < -0.3 is 10.1 Å². The molecule has 2 rings (SSSR count). The van der Waals surface area contributed by atoms with Gasteiger partial charge in [0.15, 0.2) is 5.82 Å². The fourth-order valence-electron chi connectivity index (χ4n) is 2.15. The Hall–Kier alpha value is -2.82. The van der Waals surface area contributed by atoms with Crippen LogP contribution in [0, 0.1) is 25.2 Å². The van der Waals surface area contributed by atoms with Crippen LogP contribution in [0.5, 0.6) is 5.75 Å². The van der Waals surface area contributed by atoms with Crippen LogP contribution in [0.3, 0.4) is 0 Å². The monoisotopic (exact) mass is 336 g/mol. The minimum atomic E-state index is -4.52. The zero-order chi connectivity index (χ0) is 17.9. The number of rotatable bonds is 4. The zero-order valence-electron chi connectivity index (χ0n) is 13.3. The third-order valence-electron chi connectivity index (χ3n) is 3.64. The molecule has 5 nitrogen and oxygen atoms in total. The van der Waals surface area contributed by atoms with Crippen molar-refractivity contribution < 1.29 is 17.9 Å². The second kappa shape index (κ2) is 6.74.